The average molecular weight is 351 g/mol. The molecule has 1 heterocycles. The van der Waals surface area contributed by atoms with Crippen molar-refractivity contribution in [3.8, 4) is 0 Å². The van der Waals surface area contributed by atoms with Crippen LogP contribution in [0.3, 0.4) is 0 Å². The molecule has 0 aliphatic heterocycles. The predicted octanol–water partition coefficient (Wildman–Crippen LogP) is 3.63. The molecule has 1 atom stereocenters. The zero-order valence-corrected chi connectivity index (χ0v) is 14.7. The van der Waals surface area contributed by atoms with E-state index in [0.717, 1.165) is 22.0 Å². The maximum absolute atomic E-state index is 12.5. The lowest BCUT2D eigenvalue weighted by molar-refractivity contribution is -0.137. The molecule has 0 saturated carbocycles. The minimum Gasteiger partial charge on any atom is -0.481 e. The van der Waals surface area contributed by atoms with Crippen molar-refractivity contribution in [2.45, 2.75) is 32.2 Å². The van der Waals surface area contributed by atoms with Gasteiger partial charge in [-0.3, -0.25) is 14.7 Å². The summed E-state index contributed by atoms with van der Waals surface area (Å²) in [5.74, 6) is -1.15. The molecule has 1 aromatic heterocycles. The summed E-state index contributed by atoms with van der Waals surface area (Å²) >= 11 is 0. The highest BCUT2D eigenvalue weighted by Crippen LogP contribution is 2.23. The molecule has 0 spiro atoms. The standard InChI is InChI=1S/C20H21N3O3/c1-12(2)16-10-18(23-22-16)20(26)21-17(11-19(24)25)15-8-7-13-5-3-4-6-14(13)9-15/h3-10,12,17H,11H2,1-2H3,(H,21,26)(H,22,23)(H,24,25)/t17-/m0/s1. The number of amides is 1. The third-order valence-electron chi connectivity index (χ3n) is 4.31. The van der Waals surface area contributed by atoms with Crippen LogP contribution in [-0.4, -0.2) is 27.2 Å². The summed E-state index contributed by atoms with van der Waals surface area (Å²) in [5.41, 5.74) is 1.86. The molecule has 1 amide bonds. The zero-order valence-electron chi connectivity index (χ0n) is 14.7. The van der Waals surface area contributed by atoms with Crippen LogP contribution in [0.5, 0.6) is 0 Å². The van der Waals surface area contributed by atoms with Gasteiger partial charge in [0.2, 0.25) is 0 Å². The summed E-state index contributed by atoms with van der Waals surface area (Å²) in [4.78, 5) is 23.8. The maximum Gasteiger partial charge on any atom is 0.305 e. The number of carboxylic acids is 1. The van der Waals surface area contributed by atoms with Gasteiger partial charge in [-0.1, -0.05) is 50.2 Å². The number of nitrogens with one attached hydrogen (secondary N) is 2. The van der Waals surface area contributed by atoms with Crippen molar-refractivity contribution in [3.63, 3.8) is 0 Å². The van der Waals surface area contributed by atoms with Gasteiger partial charge in [-0.2, -0.15) is 5.10 Å². The smallest absolute Gasteiger partial charge is 0.305 e. The molecule has 3 rings (SSSR count). The van der Waals surface area contributed by atoms with Gasteiger partial charge in [-0.05, 0) is 34.4 Å². The third kappa shape index (κ3) is 3.91. The number of hydrogen-bond acceptors (Lipinski definition) is 3. The highest BCUT2D eigenvalue weighted by molar-refractivity contribution is 5.93. The largest absolute Gasteiger partial charge is 0.481 e. The van der Waals surface area contributed by atoms with E-state index < -0.39 is 17.9 Å². The molecular weight excluding hydrogens is 330 g/mol. The van der Waals surface area contributed by atoms with Gasteiger partial charge in [-0.15, -0.1) is 0 Å². The third-order valence-corrected chi connectivity index (χ3v) is 4.31. The van der Waals surface area contributed by atoms with E-state index >= 15 is 0 Å². The Morgan fingerprint density at radius 3 is 2.50 bits per heavy atom. The number of aromatic nitrogens is 2. The number of aliphatic carboxylic acids is 1. The van der Waals surface area contributed by atoms with Crippen LogP contribution in [0.25, 0.3) is 10.8 Å². The minimum atomic E-state index is -0.978. The van der Waals surface area contributed by atoms with Crippen molar-refractivity contribution in [3.05, 3.63) is 65.5 Å². The number of carbonyl (C=O) groups is 2. The van der Waals surface area contributed by atoms with Gasteiger partial charge in [0, 0.05) is 5.69 Å². The van der Waals surface area contributed by atoms with Gasteiger partial charge in [0.05, 0.1) is 12.5 Å². The Kier molecular flexibility index (Phi) is 5.02. The molecule has 6 heteroatoms. The van der Waals surface area contributed by atoms with Crippen molar-refractivity contribution < 1.29 is 14.7 Å². The fraction of sp³-hybridized carbons (Fsp3) is 0.250. The quantitative estimate of drug-likeness (QED) is 0.632. The number of rotatable bonds is 6. The van der Waals surface area contributed by atoms with Crippen molar-refractivity contribution in [1.29, 1.82) is 0 Å². The Morgan fingerprint density at radius 1 is 1.12 bits per heavy atom. The van der Waals surface area contributed by atoms with Gasteiger partial charge < -0.3 is 10.4 Å². The van der Waals surface area contributed by atoms with E-state index in [1.54, 1.807) is 6.07 Å². The number of carbonyl (C=O) groups excluding carboxylic acids is 1. The first kappa shape index (κ1) is 17.7. The van der Waals surface area contributed by atoms with Crippen LogP contribution in [0.4, 0.5) is 0 Å². The van der Waals surface area contributed by atoms with Gasteiger partial charge in [0.25, 0.3) is 5.91 Å². The Bertz CT molecular complexity index is 946. The maximum atomic E-state index is 12.5. The molecule has 3 N–H and O–H groups in total. The van der Waals surface area contributed by atoms with Crippen LogP contribution in [0.15, 0.2) is 48.5 Å². The average Bonchev–Trinajstić information content (AvgIpc) is 3.11. The highest BCUT2D eigenvalue weighted by Gasteiger charge is 2.21. The second-order valence-electron chi connectivity index (χ2n) is 6.59. The summed E-state index contributed by atoms with van der Waals surface area (Å²) in [6, 6.07) is 14.6. The van der Waals surface area contributed by atoms with E-state index in [1.807, 2.05) is 56.3 Å². The number of aromatic amines is 1. The molecule has 0 radical (unpaired) electrons. The van der Waals surface area contributed by atoms with Crippen LogP contribution in [-0.2, 0) is 4.79 Å². The predicted molar refractivity (Wildman–Crippen MR) is 99.1 cm³/mol. The molecule has 3 aromatic rings. The SMILES string of the molecule is CC(C)c1cc(C(=O)N[C@@H](CC(=O)O)c2ccc3ccccc3c2)n[nH]1. The number of hydrogen-bond donors (Lipinski definition) is 3. The molecule has 0 aliphatic carbocycles. The molecule has 0 bridgehead atoms. The zero-order chi connectivity index (χ0) is 18.7. The van der Waals surface area contributed by atoms with Crippen LogP contribution in [0.1, 0.15) is 54.0 Å². The number of H-pyrrole nitrogens is 1. The summed E-state index contributed by atoms with van der Waals surface area (Å²) in [7, 11) is 0. The van der Waals surface area contributed by atoms with E-state index in [0.29, 0.717) is 0 Å². The topological polar surface area (TPSA) is 95.1 Å². The molecule has 0 aliphatic rings. The number of carboxylic acid groups (broad SMARTS) is 1. The van der Waals surface area contributed by atoms with Gasteiger partial charge in [-0.25, -0.2) is 0 Å². The second kappa shape index (κ2) is 7.39. The summed E-state index contributed by atoms with van der Waals surface area (Å²) in [6.07, 6.45) is -0.203. The van der Waals surface area contributed by atoms with Gasteiger partial charge in [0.1, 0.15) is 5.69 Å². The van der Waals surface area contributed by atoms with E-state index in [9.17, 15) is 14.7 Å². The summed E-state index contributed by atoms with van der Waals surface area (Å²) in [5, 5.41) is 21.0. The fourth-order valence-electron chi connectivity index (χ4n) is 2.83. The number of nitrogens with zero attached hydrogens (tertiary/aromatic N) is 1. The van der Waals surface area contributed by atoms with Crippen molar-refractivity contribution >= 4 is 22.6 Å². The summed E-state index contributed by atoms with van der Waals surface area (Å²) in [6.45, 7) is 4.00. The van der Waals surface area contributed by atoms with E-state index in [1.165, 1.54) is 0 Å². The Balaban J connectivity index is 1.86. The molecule has 26 heavy (non-hydrogen) atoms. The number of benzene rings is 2. The monoisotopic (exact) mass is 351 g/mol. The first-order valence-electron chi connectivity index (χ1n) is 8.50. The molecule has 0 unspecified atom stereocenters. The van der Waals surface area contributed by atoms with Crippen molar-refractivity contribution in [1.82, 2.24) is 15.5 Å². The first-order valence-corrected chi connectivity index (χ1v) is 8.50. The first-order chi connectivity index (χ1) is 12.4. The molecule has 134 valence electrons. The lowest BCUT2D eigenvalue weighted by Gasteiger charge is -2.17. The van der Waals surface area contributed by atoms with Gasteiger partial charge >= 0.3 is 5.97 Å². The van der Waals surface area contributed by atoms with E-state index in [2.05, 4.69) is 15.5 Å². The summed E-state index contributed by atoms with van der Waals surface area (Å²) < 4.78 is 0. The second-order valence-corrected chi connectivity index (χ2v) is 6.59. The van der Waals surface area contributed by atoms with E-state index in [4.69, 9.17) is 0 Å². The molecule has 2 aromatic carbocycles. The van der Waals surface area contributed by atoms with Crippen molar-refractivity contribution in [2.75, 3.05) is 0 Å². The Morgan fingerprint density at radius 2 is 1.85 bits per heavy atom. The molecule has 6 nitrogen and oxygen atoms in total. The minimum absolute atomic E-state index is 0.203. The van der Waals surface area contributed by atoms with Crippen LogP contribution >= 0.6 is 0 Å². The van der Waals surface area contributed by atoms with Crippen LogP contribution < -0.4 is 5.32 Å². The Labute approximate surface area is 151 Å². The van der Waals surface area contributed by atoms with Gasteiger partial charge in [0.15, 0.2) is 0 Å². The lowest BCUT2D eigenvalue weighted by atomic mass is 9.99. The molecule has 0 saturated heterocycles. The highest BCUT2D eigenvalue weighted by atomic mass is 16.4. The normalized spacial score (nSPS) is 12.3. The lowest BCUT2D eigenvalue weighted by Crippen LogP contribution is -2.30. The number of fused-ring (bicyclic) bond motifs is 1. The Hall–Kier alpha value is -3.15. The van der Waals surface area contributed by atoms with Crippen LogP contribution in [0, 0.1) is 0 Å². The van der Waals surface area contributed by atoms with Crippen LogP contribution in [0.2, 0.25) is 0 Å². The van der Waals surface area contributed by atoms with Crippen molar-refractivity contribution in [2.24, 2.45) is 0 Å². The van der Waals surface area contributed by atoms with E-state index in [-0.39, 0.29) is 18.0 Å². The molecule has 0 fully saturated rings. The molecular formula is C20H21N3O3. The fourth-order valence-corrected chi connectivity index (χ4v) is 2.83.